The van der Waals surface area contributed by atoms with Gasteiger partial charge in [0.1, 0.15) is 12.2 Å². The monoisotopic (exact) mass is 311 g/mol. The van der Waals surface area contributed by atoms with Crippen LogP contribution in [0, 0.1) is 17.0 Å². The predicted molar refractivity (Wildman–Crippen MR) is 73.1 cm³/mol. The number of nitro benzene ring substituents is 1. The average molecular weight is 311 g/mol. The summed E-state index contributed by atoms with van der Waals surface area (Å²) >= 11 is 0. The van der Waals surface area contributed by atoms with Crippen molar-refractivity contribution in [1.29, 1.82) is 0 Å². The summed E-state index contributed by atoms with van der Waals surface area (Å²) in [6.45, 7) is 1.52. The fourth-order valence-corrected chi connectivity index (χ4v) is 3.12. The van der Waals surface area contributed by atoms with Gasteiger partial charge < -0.3 is 0 Å². The highest BCUT2D eigenvalue weighted by Crippen LogP contribution is 2.24. The van der Waals surface area contributed by atoms with Crippen LogP contribution >= 0.6 is 0 Å². The number of aromatic nitrogens is 3. The molecule has 0 unspecified atom stereocenters. The number of hydrogen-bond acceptors (Lipinski definition) is 6. The van der Waals surface area contributed by atoms with Crippen LogP contribution in [-0.4, -0.2) is 35.1 Å². The normalized spacial score (nSPS) is 11.5. The molecule has 112 valence electrons. The number of H-pyrrole nitrogens is 1. The fraction of sp³-hybridized carbons (Fsp3) is 0.273. The van der Waals surface area contributed by atoms with Gasteiger partial charge in [-0.2, -0.15) is 5.10 Å². The van der Waals surface area contributed by atoms with Crippen LogP contribution in [0.15, 0.2) is 29.4 Å². The van der Waals surface area contributed by atoms with Gasteiger partial charge in [-0.05, 0) is 13.0 Å². The fourth-order valence-electron chi connectivity index (χ4n) is 1.82. The molecule has 0 amide bonds. The first-order valence-electron chi connectivity index (χ1n) is 6.00. The summed E-state index contributed by atoms with van der Waals surface area (Å²) in [5.74, 6) is 0.550. The molecule has 0 fully saturated rings. The number of benzene rings is 1. The van der Waals surface area contributed by atoms with Crippen LogP contribution in [0.2, 0.25) is 0 Å². The first kappa shape index (κ1) is 15.1. The second kappa shape index (κ2) is 5.97. The molecule has 9 nitrogen and oxygen atoms in total. The zero-order valence-corrected chi connectivity index (χ0v) is 11.9. The van der Waals surface area contributed by atoms with Gasteiger partial charge in [-0.3, -0.25) is 15.2 Å². The van der Waals surface area contributed by atoms with Crippen molar-refractivity contribution >= 4 is 15.7 Å². The third kappa shape index (κ3) is 3.41. The van der Waals surface area contributed by atoms with E-state index in [0.29, 0.717) is 12.2 Å². The molecule has 2 aromatic rings. The number of nitrogens with one attached hydrogen (secondary N) is 2. The van der Waals surface area contributed by atoms with Crippen molar-refractivity contribution in [3.63, 3.8) is 0 Å². The Kier molecular flexibility index (Phi) is 4.29. The molecule has 0 saturated carbocycles. The highest BCUT2D eigenvalue weighted by atomic mass is 32.2. The summed E-state index contributed by atoms with van der Waals surface area (Å²) in [6, 6.07) is 3.94. The van der Waals surface area contributed by atoms with Gasteiger partial charge in [-0.1, -0.05) is 6.07 Å². The quantitative estimate of drug-likeness (QED) is 0.591. The lowest BCUT2D eigenvalue weighted by Crippen LogP contribution is -2.27. The van der Waals surface area contributed by atoms with Crippen LogP contribution < -0.4 is 4.72 Å². The van der Waals surface area contributed by atoms with Crippen LogP contribution in [0.25, 0.3) is 0 Å². The average Bonchev–Trinajstić information content (AvgIpc) is 2.91. The van der Waals surface area contributed by atoms with E-state index in [9.17, 15) is 18.5 Å². The number of nitro groups is 1. The molecule has 0 aliphatic carbocycles. The molecule has 10 heteroatoms. The van der Waals surface area contributed by atoms with Crippen molar-refractivity contribution in [3.05, 3.63) is 46.0 Å². The summed E-state index contributed by atoms with van der Waals surface area (Å²) in [5, 5.41) is 17.1. The minimum absolute atomic E-state index is 0.103. The zero-order chi connectivity index (χ0) is 15.5. The van der Waals surface area contributed by atoms with Gasteiger partial charge in [0.2, 0.25) is 10.0 Å². The van der Waals surface area contributed by atoms with Crippen LogP contribution in [0.5, 0.6) is 0 Å². The van der Waals surface area contributed by atoms with E-state index >= 15 is 0 Å². The first-order valence-corrected chi connectivity index (χ1v) is 7.48. The number of rotatable bonds is 6. The molecular formula is C11H13N5O4S. The highest BCUT2D eigenvalue weighted by Gasteiger charge is 2.22. The lowest BCUT2D eigenvalue weighted by atomic mass is 10.2. The molecular weight excluding hydrogens is 298 g/mol. The molecule has 2 rings (SSSR count). The molecule has 1 heterocycles. The maximum atomic E-state index is 12.2. The minimum Gasteiger partial charge on any atom is -0.263 e. The highest BCUT2D eigenvalue weighted by molar-refractivity contribution is 7.89. The zero-order valence-electron chi connectivity index (χ0n) is 11.1. The van der Waals surface area contributed by atoms with Gasteiger partial charge in [0, 0.05) is 24.6 Å². The molecule has 1 aromatic heterocycles. The summed E-state index contributed by atoms with van der Waals surface area (Å²) in [4.78, 5) is 14.0. The van der Waals surface area contributed by atoms with Crippen molar-refractivity contribution in [2.24, 2.45) is 0 Å². The van der Waals surface area contributed by atoms with E-state index in [4.69, 9.17) is 0 Å². The van der Waals surface area contributed by atoms with E-state index < -0.39 is 14.9 Å². The largest absolute Gasteiger partial charge is 0.273 e. The number of nitrogens with zero attached hydrogens (tertiary/aromatic N) is 3. The van der Waals surface area contributed by atoms with Crippen molar-refractivity contribution in [3.8, 4) is 0 Å². The minimum atomic E-state index is -3.82. The van der Waals surface area contributed by atoms with E-state index in [2.05, 4.69) is 19.9 Å². The summed E-state index contributed by atoms with van der Waals surface area (Å²) in [7, 11) is -3.82. The van der Waals surface area contributed by atoms with Crippen molar-refractivity contribution < 1.29 is 13.3 Å². The Hall–Kier alpha value is -2.33. The first-order chi connectivity index (χ1) is 9.92. The topological polar surface area (TPSA) is 131 Å². The molecule has 0 radical (unpaired) electrons. The number of sulfonamides is 1. The van der Waals surface area contributed by atoms with Crippen LogP contribution in [0.3, 0.4) is 0 Å². The predicted octanol–water partition coefficient (Wildman–Crippen LogP) is 0.542. The van der Waals surface area contributed by atoms with Gasteiger partial charge in [0.05, 0.1) is 9.82 Å². The van der Waals surface area contributed by atoms with Crippen LogP contribution in [0.4, 0.5) is 5.69 Å². The third-order valence-electron chi connectivity index (χ3n) is 2.86. The van der Waals surface area contributed by atoms with Gasteiger partial charge in [0.15, 0.2) is 0 Å². The van der Waals surface area contributed by atoms with Crippen molar-refractivity contribution in [2.45, 2.75) is 18.2 Å². The maximum Gasteiger partial charge on any atom is 0.273 e. The molecule has 1 aromatic carbocycles. The molecule has 0 aliphatic heterocycles. The van der Waals surface area contributed by atoms with Crippen molar-refractivity contribution in [1.82, 2.24) is 19.9 Å². The summed E-state index contributed by atoms with van der Waals surface area (Å²) in [6.07, 6.45) is 1.67. The Morgan fingerprint density at radius 1 is 1.43 bits per heavy atom. The van der Waals surface area contributed by atoms with Gasteiger partial charge in [0.25, 0.3) is 5.69 Å². The van der Waals surface area contributed by atoms with Gasteiger partial charge in [-0.25, -0.2) is 18.1 Å². The molecule has 0 spiro atoms. The molecule has 0 aliphatic rings. The second-order valence-electron chi connectivity index (χ2n) is 4.24. The molecule has 21 heavy (non-hydrogen) atoms. The Morgan fingerprint density at radius 3 is 2.81 bits per heavy atom. The Balaban J connectivity index is 2.16. The van der Waals surface area contributed by atoms with E-state index in [1.54, 1.807) is 0 Å². The van der Waals surface area contributed by atoms with Crippen LogP contribution in [-0.2, 0) is 16.4 Å². The van der Waals surface area contributed by atoms with Crippen molar-refractivity contribution in [2.75, 3.05) is 6.54 Å². The summed E-state index contributed by atoms with van der Waals surface area (Å²) in [5.41, 5.74) is -0.122. The van der Waals surface area contributed by atoms with Crippen LogP contribution in [0.1, 0.15) is 11.4 Å². The Bertz CT molecular complexity index is 742. The van der Waals surface area contributed by atoms with E-state index in [-0.39, 0.29) is 22.7 Å². The van der Waals surface area contributed by atoms with Gasteiger partial charge >= 0.3 is 0 Å². The number of hydrogen-bond donors (Lipinski definition) is 2. The van der Waals surface area contributed by atoms with E-state index in [0.717, 1.165) is 0 Å². The molecule has 0 bridgehead atoms. The lowest BCUT2D eigenvalue weighted by molar-refractivity contribution is -0.385. The van der Waals surface area contributed by atoms with E-state index in [1.165, 1.54) is 31.5 Å². The number of aromatic amines is 1. The standard InChI is InChI=1S/C11H13N5O4S/c1-8-9(16(17)18)3-2-4-10(8)21(19,20)14-6-5-11-12-7-13-15-11/h2-4,7,14H,5-6H2,1H3,(H,12,13,15). The SMILES string of the molecule is Cc1c([N+](=O)[O-])cccc1S(=O)(=O)NCCc1ncn[nH]1. The van der Waals surface area contributed by atoms with Gasteiger partial charge in [-0.15, -0.1) is 0 Å². The maximum absolute atomic E-state index is 12.2. The third-order valence-corrected chi connectivity index (χ3v) is 4.47. The van der Waals surface area contributed by atoms with E-state index in [1.807, 2.05) is 0 Å². The summed E-state index contributed by atoms with van der Waals surface area (Å²) < 4.78 is 26.7. The molecule has 2 N–H and O–H groups in total. The lowest BCUT2D eigenvalue weighted by Gasteiger charge is -2.08. The Labute approximate surface area is 120 Å². The smallest absolute Gasteiger partial charge is 0.263 e. The second-order valence-corrected chi connectivity index (χ2v) is 5.97. The molecule has 0 atom stereocenters. The molecule has 0 saturated heterocycles. The Morgan fingerprint density at radius 2 is 2.19 bits per heavy atom.